The Morgan fingerprint density at radius 1 is 1.22 bits per heavy atom. The Labute approximate surface area is 140 Å². The third kappa shape index (κ3) is 4.13. The minimum Gasteiger partial charge on any atom is -0.506 e. The standard InChI is InChI=1S/C17H20ClN3O2/c1-17(2,3)11-5-6-13(22)12(9-11)20-16(23)10-7-14(18)21-15(8-10)19-4/h5-9,22H,1-4H3,(H,19,21)(H,20,23). The van der Waals surface area contributed by atoms with Crippen molar-refractivity contribution in [2.45, 2.75) is 26.2 Å². The molecule has 0 fully saturated rings. The number of pyridine rings is 1. The zero-order chi connectivity index (χ0) is 17.2. The molecule has 0 spiro atoms. The van der Waals surface area contributed by atoms with Gasteiger partial charge in [0.1, 0.15) is 16.7 Å². The third-order valence-corrected chi connectivity index (χ3v) is 3.62. The number of hydrogen-bond donors (Lipinski definition) is 3. The highest BCUT2D eigenvalue weighted by Crippen LogP contribution is 2.31. The van der Waals surface area contributed by atoms with Gasteiger partial charge < -0.3 is 15.7 Å². The van der Waals surface area contributed by atoms with Crippen LogP contribution in [0.1, 0.15) is 36.7 Å². The summed E-state index contributed by atoms with van der Waals surface area (Å²) in [7, 11) is 1.69. The summed E-state index contributed by atoms with van der Waals surface area (Å²) < 4.78 is 0. The first-order valence-corrected chi connectivity index (χ1v) is 7.58. The molecule has 0 saturated carbocycles. The molecule has 0 radical (unpaired) electrons. The van der Waals surface area contributed by atoms with Gasteiger partial charge in [0.2, 0.25) is 0 Å². The first kappa shape index (κ1) is 17.1. The lowest BCUT2D eigenvalue weighted by atomic mass is 9.87. The first-order valence-electron chi connectivity index (χ1n) is 7.21. The molecule has 3 N–H and O–H groups in total. The second-order valence-corrected chi connectivity index (χ2v) is 6.64. The zero-order valence-corrected chi connectivity index (χ0v) is 14.3. The van der Waals surface area contributed by atoms with Gasteiger partial charge in [0.15, 0.2) is 0 Å². The van der Waals surface area contributed by atoms with Crippen LogP contribution in [0.25, 0.3) is 0 Å². The number of rotatable bonds is 3. The van der Waals surface area contributed by atoms with Crippen LogP contribution in [0, 0.1) is 0 Å². The molecule has 6 heteroatoms. The highest BCUT2D eigenvalue weighted by Gasteiger charge is 2.17. The molecule has 0 aliphatic rings. The number of carbonyl (C=O) groups is 1. The van der Waals surface area contributed by atoms with Gasteiger partial charge in [0, 0.05) is 12.6 Å². The normalized spacial score (nSPS) is 11.2. The number of aromatic hydroxyl groups is 1. The summed E-state index contributed by atoms with van der Waals surface area (Å²) in [6.45, 7) is 6.19. The number of benzene rings is 1. The van der Waals surface area contributed by atoms with Crippen molar-refractivity contribution in [3.63, 3.8) is 0 Å². The van der Waals surface area contributed by atoms with E-state index in [0.717, 1.165) is 5.56 Å². The molecular weight excluding hydrogens is 314 g/mol. The Balaban J connectivity index is 2.32. The van der Waals surface area contributed by atoms with Gasteiger partial charge in [-0.25, -0.2) is 4.98 Å². The fraction of sp³-hybridized carbons (Fsp3) is 0.294. The molecule has 1 aromatic heterocycles. The number of nitrogens with zero attached hydrogens (tertiary/aromatic N) is 1. The molecule has 23 heavy (non-hydrogen) atoms. The Morgan fingerprint density at radius 3 is 2.52 bits per heavy atom. The van der Waals surface area contributed by atoms with Crippen molar-refractivity contribution in [2.75, 3.05) is 17.7 Å². The fourth-order valence-corrected chi connectivity index (χ4v) is 2.26. The number of hydrogen-bond acceptors (Lipinski definition) is 4. The maximum Gasteiger partial charge on any atom is 0.256 e. The predicted octanol–water partition coefficient (Wildman–Crippen LogP) is 4.03. The van der Waals surface area contributed by atoms with Crippen molar-refractivity contribution in [3.05, 3.63) is 46.6 Å². The number of phenols is 1. The molecule has 0 atom stereocenters. The second kappa shape index (κ2) is 6.46. The highest BCUT2D eigenvalue weighted by atomic mass is 35.5. The SMILES string of the molecule is CNc1cc(C(=O)Nc2cc(C(C)(C)C)ccc2O)cc(Cl)n1. The second-order valence-electron chi connectivity index (χ2n) is 6.25. The van der Waals surface area contributed by atoms with Gasteiger partial charge in [0.25, 0.3) is 5.91 Å². The summed E-state index contributed by atoms with van der Waals surface area (Å²) in [6, 6.07) is 8.26. The summed E-state index contributed by atoms with van der Waals surface area (Å²) in [5.41, 5.74) is 1.64. The summed E-state index contributed by atoms with van der Waals surface area (Å²) >= 11 is 5.91. The average Bonchev–Trinajstić information content (AvgIpc) is 2.47. The molecule has 2 aromatic rings. The molecule has 0 aliphatic carbocycles. The van der Waals surface area contributed by atoms with Gasteiger partial charge in [-0.3, -0.25) is 4.79 Å². The molecule has 2 rings (SSSR count). The molecular formula is C17H20ClN3O2. The molecule has 1 amide bonds. The van der Waals surface area contributed by atoms with Crippen LogP contribution in [-0.2, 0) is 5.41 Å². The van der Waals surface area contributed by atoms with E-state index in [1.807, 2.05) is 6.07 Å². The van der Waals surface area contributed by atoms with Gasteiger partial charge >= 0.3 is 0 Å². The van der Waals surface area contributed by atoms with Crippen LogP contribution < -0.4 is 10.6 Å². The lowest BCUT2D eigenvalue weighted by Crippen LogP contribution is -2.15. The monoisotopic (exact) mass is 333 g/mol. The van der Waals surface area contributed by atoms with E-state index in [0.29, 0.717) is 17.1 Å². The minimum absolute atomic E-state index is 0.0142. The highest BCUT2D eigenvalue weighted by molar-refractivity contribution is 6.30. The predicted molar refractivity (Wildman–Crippen MR) is 93.6 cm³/mol. The smallest absolute Gasteiger partial charge is 0.256 e. The van der Waals surface area contributed by atoms with Crippen LogP contribution >= 0.6 is 11.6 Å². The molecule has 0 bridgehead atoms. The minimum atomic E-state index is -0.368. The van der Waals surface area contributed by atoms with E-state index in [1.165, 1.54) is 6.07 Å². The summed E-state index contributed by atoms with van der Waals surface area (Å²) in [4.78, 5) is 16.4. The fourth-order valence-electron chi connectivity index (χ4n) is 2.05. The number of nitrogens with one attached hydrogen (secondary N) is 2. The molecule has 1 heterocycles. The maximum absolute atomic E-state index is 12.4. The van der Waals surface area contributed by atoms with Crippen molar-refractivity contribution in [3.8, 4) is 5.75 Å². The Bertz CT molecular complexity index is 739. The lowest BCUT2D eigenvalue weighted by molar-refractivity contribution is 0.102. The van der Waals surface area contributed by atoms with Crippen LogP contribution in [0.15, 0.2) is 30.3 Å². The number of halogens is 1. The van der Waals surface area contributed by atoms with E-state index in [-0.39, 0.29) is 22.2 Å². The van der Waals surface area contributed by atoms with Gasteiger partial charge in [0.05, 0.1) is 5.69 Å². The maximum atomic E-state index is 12.4. The van der Waals surface area contributed by atoms with Gasteiger partial charge in [-0.2, -0.15) is 0 Å². The Morgan fingerprint density at radius 2 is 1.91 bits per heavy atom. The lowest BCUT2D eigenvalue weighted by Gasteiger charge is -2.20. The molecule has 122 valence electrons. The third-order valence-electron chi connectivity index (χ3n) is 3.42. The van der Waals surface area contributed by atoms with Crippen molar-refractivity contribution in [1.29, 1.82) is 0 Å². The van der Waals surface area contributed by atoms with E-state index in [1.54, 1.807) is 25.2 Å². The summed E-state index contributed by atoms with van der Waals surface area (Å²) in [5, 5.41) is 15.8. The molecule has 1 aromatic carbocycles. The average molecular weight is 334 g/mol. The largest absolute Gasteiger partial charge is 0.506 e. The Hall–Kier alpha value is -2.27. The van der Waals surface area contributed by atoms with Crippen LogP contribution in [0.4, 0.5) is 11.5 Å². The zero-order valence-electron chi connectivity index (χ0n) is 13.6. The van der Waals surface area contributed by atoms with Crippen molar-refractivity contribution < 1.29 is 9.90 Å². The topological polar surface area (TPSA) is 74.2 Å². The van der Waals surface area contributed by atoms with E-state index in [2.05, 4.69) is 36.4 Å². The van der Waals surface area contributed by atoms with E-state index >= 15 is 0 Å². The number of amides is 1. The van der Waals surface area contributed by atoms with Gasteiger partial charge in [-0.05, 0) is 35.2 Å². The number of phenolic OH excluding ortho intramolecular Hbond substituents is 1. The van der Waals surface area contributed by atoms with Gasteiger partial charge in [-0.15, -0.1) is 0 Å². The van der Waals surface area contributed by atoms with Crippen LogP contribution in [-0.4, -0.2) is 23.0 Å². The quantitative estimate of drug-likeness (QED) is 0.585. The van der Waals surface area contributed by atoms with Crippen LogP contribution in [0.2, 0.25) is 5.15 Å². The summed E-state index contributed by atoms with van der Waals surface area (Å²) in [6.07, 6.45) is 0. The van der Waals surface area contributed by atoms with E-state index in [4.69, 9.17) is 11.6 Å². The van der Waals surface area contributed by atoms with Crippen LogP contribution in [0.3, 0.4) is 0 Å². The molecule has 0 aliphatic heterocycles. The number of carbonyl (C=O) groups excluding carboxylic acids is 1. The van der Waals surface area contributed by atoms with Crippen molar-refractivity contribution >= 4 is 29.0 Å². The molecule has 0 saturated heterocycles. The van der Waals surface area contributed by atoms with Crippen molar-refractivity contribution in [1.82, 2.24) is 4.98 Å². The number of anilines is 2. The van der Waals surface area contributed by atoms with E-state index < -0.39 is 0 Å². The van der Waals surface area contributed by atoms with E-state index in [9.17, 15) is 9.90 Å². The van der Waals surface area contributed by atoms with Crippen molar-refractivity contribution in [2.24, 2.45) is 0 Å². The molecule has 0 unspecified atom stereocenters. The summed E-state index contributed by atoms with van der Waals surface area (Å²) in [5.74, 6) is 0.141. The Kier molecular flexibility index (Phi) is 4.80. The number of aromatic nitrogens is 1. The molecule has 5 nitrogen and oxygen atoms in total. The van der Waals surface area contributed by atoms with Gasteiger partial charge in [-0.1, -0.05) is 38.4 Å². The first-order chi connectivity index (χ1) is 10.7. The van der Waals surface area contributed by atoms with Crippen LogP contribution in [0.5, 0.6) is 5.75 Å².